The molecule has 1 aliphatic rings. The number of aliphatic carboxylic acids is 1. The van der Waals surface area contributed by atoms with E-state index in [0.717, 1.165) is 12.1 Å². The Balaban J connectivity index is 1.87. The van der Waals surface area contributed by atoms with Crippen LogP contribution in [-0.2, 0) is 16.0 Å². The maximum atomic E-state index is 14.5. The summed E-state index contributed by atoms with van der Waals surface area (Å²) in [5, 5.41) is 17.0. The fourth-order valence-corrected chi connectivity index (χ4v) is 4.59. The fraction of sp³-hybridized carbons (Fsp3) is 0.304. The van der Waals surface area contributed by atoms with Crippen LogP contribution in [0.1, 0.15) is 30.0 Å². The average Bonchev–Trinajstić information content (AvgIpc) is 3.36. The van der Waals surface area contributed by atoms with Gasteiger partial charge in [0.2, 0.25) is 0 Å². The second-order valence-electron chi connectivity index (χ2n) is 8.20. The molecular formula is C23H19F4N3O3. The second-order valence-corrected chi connectivity index (χ2v) is 8.20. The van der Waals surface area contributed by atoms with Crippen LogP contribution in [0.15, 0.2) is 36.5 Å². The number of nitrogens with one attached hydrogen (secondary N) is 1. The molecular weight excluding hydrogens is 442 g/mol. The molecule has 0 spiro atoms. The molecule has 0 unspecified atom stereocenters. The lowest BCUT2D eigenvalue weighted by atomic mass is 9.90. The molecule has 5 rings (SSSR count). The number of benzene rings is 2. The number of rotatable bonds is 5. The number of carboxylic acid groups (broad SMARTS) is 1. The summed E-state index contributed by atoms with van der Waals surface area (Å²) < 4.78 is 64.0. The zero-order valence-electron chi connectivity index (χ0n) is 17.2. The highest BCUT2D eigenvalue weighted by Gasteiger charge is 2.42. The van der Waals surface area contributed by atoms with E-state index >= 15 is 0 Å². The third-order valence-corrected chi connectivity index (χ3v) is 6.15. The van der Waals surface area contributed by atoms with Crippen LogP contribution in [0.3, 0.4) is 0 Å². The lowest BCUT2D eigenvalue weighted by molar-refractivity contribution is -0.164. The Kier molecular flexibility index (Phi) is 5.12. The van der Waals surface area contributed by atoms with E-state index in [4.69, 9.17) is 9.84 Å². The molecule has 2 N–H and O–H groups in total. The smallest absolute Gasteiger partial charge is 0.374 e. The van der Waals surface area contributed by atoms with Gasteiger partial charge in [0, 0.05) is 47.4 Å². The minimum atomic E-state index is -4.02. The average molecular weight is 461 g/mol. The van der Waals surface area contributed by atoms with Gasteiger partial charge < -0.3 is 14.4 Å². The first-order chi connectivity index (χ1) is 15.8. The van der Waals surface area contributed by atoms with Crippen LogP contribution in [-0.4, -0.2) is 45.0 Å². The van der Waals surface area contributed by atoms with Crippen molar-refractivity contribution >= 4 is 27.8 Å². The molecule has 2 aromatic heterocycles. The molecule has 0 atom stereocenters. The van der Waals surface area contributed by atoms with Gasteiger partial charge in [0.25, 0.3) is 0 Å². The molecule has 10 heteroatoms. The van der Waals surface area contributed by atoms with Crippen molar-refractivity contribution in [3.05, 3.63) is 59.4 Å². The van der Waals surface area contributed by atoms with Gasteiger partial charge in [0.15, 0.2) is 11.6 Å². The third kappa shape index (κ3) is 3.64. The van der Waals surface area contributed by atoms with Gasteiger partial charge in [-0.25, -0.2) is 13.6 Å². The Morgan fingerprint density at radius 3 is 2.64 bits per heavy atom. The van der Waals surface area contributed by atoms with Gasteiger partial charge in [-0.15, -0.1) is 0 Å². The minimum absolute atomic E-state index is 0.158. The Bertz CT molecular complexity index is 1370. The highest BCUT2D eigenvalue weighted by Crippen LogP contribution is 2.41. The summed E-state index contributed by atoms with van der Waals surface area (Å²) in [7, 11) is 0. The van der Waals surface area contributed by atoms with E-state index in [2.05, 4.69) is 10.2 Å². The Labute approximate surface area is 184 Å². The molecule has 172 valence electrons. The van der Waals surface area contributed by atoms with Gasteiger partial charge in [-0.1, -0.05) is 0 Å². The largest absolute Gasteiger partial charge is 0.477 e. The van der Waals surface area contributed by atoms with Crippen LogP contribution in [0.2, 0.25) is 0 Å². The third-order valence-electron chi connectivity index (χ3n) is 6.15. The molecule has 0 radical (unpaired) electrons. The number of fused-ring (bicyclic) bond motifs is 2. The van der Waals surface area contributed by atoms with E-state index in [1.807, 2.05) is 0 Å². The number of halogens is 4. The molecule has 6 nitrogen and oxygen atoms in total. The van der Waals surface area contributed by atoms with Crippen molar-refractivity contribution in [1.29, 1.82) is 0 Å². The number of aromatic amines is 1. The monoisotopic (exact) mass is 461 g/mol. The number of alkyl halides is 2. The highest BCUT2D eigenvalue weighted by atomic mass is 19.3. The normalized spacial score (nSPS) is 15.5. The molecule has 0 bridgehead atoms. The topological polar surface area (TPSA) is 80.1 Å². The van der Waals surface area contributed by atoms with Crippen molar-refractivity contribution in [2.45, 2.75) is 31.1 Å². The van der Waals surface area contributed by atoms with Gasteiger partial charge in [-0.2, -0.15) is 13.9 Å². The summed E-state index contributed by atoms with van der Waals surface area (Å²) in [5.41, 5.74) is 1.94. The Hall–Kier alpha value is -3.40. The van der Waals surface area contributed by atoms with E-state index in [0.29, 0.717) is 53.6 Å². The summed E-state index contributed by atoms with van der Waals surface area (Å²) in [6.07, 6.45) is 1.56. The quantitative estimate of drug-likeness (QED) is 0.413. The van der Waals surface area contributed by atoms with Crippen LogP contribution >= 0.6 is 0 Å². The SMILES string of the molecule is O=C(O)C(F)(F)Cc1c(C2CCOCC2)n(-c2ccc(F)c(F)c2)c2cc3cn[nH]c3cc12. The summed E-state index contributed by atoms with van der Waals surface area (Å²) >= 11 is 0. The van der Waals surface area contributed by atoms with Gasteiger partial charge in [0.1, 0.15) is 0 Å². The Morgan fingerprint density at radius 2 is 1.94 bits per heavy atom. The number of hydrogen-bond donors (Lipinski definition) is 2. The van der Waals surface area contributed by atoms with Crippen molar-refractivity contribution in [3.8, 4) is 5.69 Å². The van der Waals surface area contributed by atoms with E-state index in [1.54, 1.807) is 22.9 Å². The van der Waals surface area contributed by atoms with E-state index in [1.165, 1.54) is 6.07 Å². The van der Waals surface area contributed by atoms with E-state index in [9.17, 15) is 22.4 Å². The molecule has 1 fully saturated rings. The molecule has 33 heavy (non-hydrogen) atoms. The van der Waals surface area contributed by atoms with Crippen LogP contribution < -0.4 is 0 Å². The second kappa shape index (κ2) is 7.87. The van der Waals surface area contributed by atoms with Gasteiger partial charge in [0.05, 0.1) is 23.7 Å². The number of ether oxygens (including phenoxy) is 1. The summed E-state index contributed by atoms with van der Waals surface area (Å²) in [6, 6.07) is 6.73. The molecule has 2 aromatic carbocycles. The number of hydrogen-bond acceptors (Lipinski definition) is 3. The number of carboxylic acids is 1. The molecule has 0 aliphatic carbocycles. The zero-order valence-corrected chi connectivity index (χ0v) is 17.2. The maximum absolute atomic E-state index is 14.5. The number of H-pyrrole nitrogens is 1. The van der Waals surface area contributed by atoms with Crippen LogP contribution in [0.5, 0.6) is 0 Å². The van der Waals surface area contributed by atoms with Crippen molar-refractivity contribution in [3.63, 3.8) is 0 Å². The molecule has 1 aliphatic heterocycles. The Morgan fingerprint density at radius 1 is 1.18 bits per heavy atom. The van der Waals surface area contributed by atoms with Crippen molar-refractivity contribution < 1.29 is 32.2 Å². The summed E-state index contributed by atoms with van der Waals surface area (Å²) in [6.45, 7) is 0.812. The number of carbonyl (C=O) groups is 1. The molecule has 0 amide bonds. The van der Waals surface area contributed by atoms with E-state index < -0.39 is 29.9 Å². The molecule has 0 saturated carbocycles. The van der Waals surface area contributed by atoms with Crippen molar-refractivity contribution in [2.24, 2.45) is 0 Å². The molecule has 1 saturated heterocycles. The first-order valence-corrected chi connectivity index (χ1v) is 10.4. The first-order valence-electron chi connectivity index (χ1n) is 10.4. The predicted octanol–water partition coefficient (Wildman–Crippen LogP) is 4.94. The molecule has 3 heterocycles. The highest BCUT2D eigenvalue weighted by molar-refractivity contribution is 5.99. The minimum Gasteiger partial charge on any atom is -0.477 e. The molecule has 4 aromatic rings. The zero-order chi connectivity index (χ0) is 23.3. The van der Waals surface area contributed by atoms with Gasteiger partial charge in [-0.3, -0.25) is 5.10 Å². The van der Waals surface area contributed by atoms with Crippen LogP contribution in [0, 0.1) is 11.6 Å². The van der Waals surface area contributed by atoms with E-state index in [-0.39, 0.29) is 17.2 Å². The van der Waals surface area contributed by atoms with Crippen molar-refractivity contribution in [2.75, 3.05) is 13.2 Å². The van der Waals surface area contributed by atoms with Crippen LogP contribution in [0.4, 0.5) is 17.6 Å². The van der Waals surface area contributed by atoms with Gasteiger partial charge >= 0.3 is 11.9 Å². The lowest BCUT2D eigenvalue weighted by Crippen LogP contribution is -2.31. The lowest BCUT2D eigenvalue weighted by Gasteiger charge is -2.26. The number of nitrogens with zero attached hydrogens (tertiary/aromatic N) is 2. The summed E-state index contributed by atoms with van der Waals surface area (Å²) in [4.78, 5) is 11.3. The standard InChI is InChI=1S/C23H19F4N3O3/c24-17-2-1-14(8-18(17)25)30-20-7-13-11-28-29-19(13)9-15(20)16(10-23(26,27)22(31)32)21(30)12-3-5-33-6-4-12/h1-2,7-9,11-12H,3-6,10H2,(H,28,29)(H,31,32). The first kappa shape index (κ1) is 21.4. The van der Waals surface area contributed by atoms with Crippen molar-refractivity contribution in [1.82, 2.24) is 14.8 Å². The number of aromatic nitrogens is 3. The maximum Gasteiger partial charge on any atom is 0.374 e. The van der Waals surface area contributed by atoms with Crippen LogP contribution in [0.25, 0.3) is 27.5 Å². The van der Waals surface area contributed by atoms with Gasteiger partial charge in [-0.05, 0) is 42.7 Å². The predicted molar refractivity (Wildman–Crippen MR) is 112 cm³/mol. The summed E-state index contributed by atoms with van der Waals surface area (Å²) in [5.74, 6) is -8.59. The fourth-order valence-electron chi connectivity index (χ4n) is 4.59.